The number of nitrogens with zero attached hydrogens (tertiary/aromatic N) is 3. The summed E-state index contributed by atoms with van der Waals surface area (Å²) in [5, 5.41) is 3.60. The average Bonchev–Trinajstić information content (AvgIpc) is 3.30. The molecule has 0 radical (unpaired) electrons. The number of benzene rings is 2. The molecule has 4 aromatic rings. The van der Waals surface area contributed by atoms with Gasteiger partial charge in [0.2, 0.25) is 5.95 Å². The van der Waals surface area contributed by atoms with Crippen molar-refractivity contribution >= 4 is 42.8 Å². The lowest BCUT2D eigenvalue weighted by Gasteiger charge is -2.12. The molecule has 2 aromatic heterocycles. The molecule has 0 bridgehead atoms. The van der Waals surface area contributed by atoms with Crippen molar-refractivity contribution in [3.8, 4) is 21.8 Å². The summed E-state index contributed by atoms with van der Waals surface area (Å²) < 4.78 is 92.7. The predicted octanol–water partition coefficient (Wildman–Crippen LogP) is 5.07. The minimum atomic E-state index is -4.60. The van der Waals surface area contributed by atoms with Gasteiger partial charge in [-0.05, 0) is 36.4 Å². The number of nitrogens with one attached hydrogen (secondary N) is 2. The Bertz CT molecular complexity index is 1780. The number of halogens is 3. The normalized spacial score (nSPS) is 12.1. The summed E-state index contributed by atoms with van der Waals surface area (Å²) in [6.45, 7) is 3.98. The molecule has 0 spiro atoms. The van der Waals surface area contributed by atoms with Gasteiger partial charge in [0, 0.05) is 36.5 Å². The van der Waals surface area contributed by atoms with Crippen LogP contribution >= 0.6 is 11.3 Å². The number of thiazole rings is 1. The predicted molar refractivity (Wildman–Crippen MR) is 148 cm³/mol. The minimum absolute atomic E-state index is 0.0200. The van der Waals surface area contributed by atoms with E-state index in [1.165, 1.54) is 29.7 Å². The number of hydrogen-bond donors (Lipinski definition) is 2. The maximum Gasteiger partial charge on any atom is 0.264 e. The highest BCUT2D eigenvalue weighted by atomic mass is 32.2. The quantitative estimate of drug-likeness (QED) is 0.254. The first-order chi connectivity index (χ1) is 18.7. The van der Waals surface area contributed by atoms with Gasteiger partial charge in [0.25, 0.3) is 10.0 Å². The van der Waals surface area contributed by atoms with Crippen LogP contribution in [0.3, 0.4) is 0 Å². The fourth-order valence-electron chi connectivity index (χ4n) is 3.52. The van der Waals surface area contributed by atoms with Crippen LogP contribution in [0.2, 0.25) is 0 Å². The van der Waals surface area contributed by atoms with Gasteiger partial charge in [-0.25, -0.2) is 45.0 Å². The summed E-state index contributed by atoms with van der Waals surface area (Å²) in [4.78, 5) is 13.0. The van der Waals surface area contributed by atoms with Crippen LogP contribution in [0.25, 0.3) is 21.8 Å². The van der Waals surface area contributed by atoms with E-state index in [0.29, 0.717) is 27.9 Å². The summed E-state index contributed by atoms with van der Waals surface area (Å²) in [6.07, 6.45) is 2.61. The summed E-state index contributed by atoms with van der Waals surface area (Å²) in [7, 11) is -7.79. The first-order valence-electron chi connectivity index (χ1n) is 11.8. The third-order valence-electron chi connectivity index (χ3n) is 5.45. The summed E-state index contributed by atoms with van der Waals surface area (Å²) in [5.41, 5.74) is 0.734. The molecule has 0 saturated heterocycles. The van der Waals surface area contributed by atoms with E-state index in [4.69, 9.17) is 0 Å². The third kappa shape index (κ3) is 6.95. The second kappa shape index (κ2) is 11.5. The maximum atomic E-state index is 14.7. The molecule has 0 atom stereocenters. The van der Waals surface area contributed by atoms with Crippen LogP contribution < -0.4 is 10.0 Å². The number of hydrogen-bond acceptors (Lipinski definition) is 9. The lowest BCUT2D eigenvalue weighted by molar-refractivity contribution is 0.550. The van der Waals surface area contributed by atoms with Crippen molar-refractivity contribution in [1.29, 1.82) is 0 Å². The molecule has 0 amide bonds. The lowest BCUT2D eigenvalue weighted by Crippen LogP contribution is -2.16. The second-order valence-electron chi connectivity index (χ2n) is 9.08. The van der Waals surface area contributed by atoms with Gasteiger partial charge >= 0.3 is 0 Å². The largest absolute Gasteiger partial charge is 0.353 e. The molecule has 4 rings (SSSR count). The van der Waals surface area contributed by atoms with Gasteiger partial charge in [0.15, 0.2) is 0 Å². The van der Waals surface area contributed by atoms with Gasteiger partial charge in [0.1, 0.15) is 32.2 Å². The minimum Gasteiger partial charge on any atom is -0.353 e. The Labute approximate surface area is 233 Å². The van der Waals surface area contributed by atoms with E-state index in [2.05, 4.69) is 20.3 Å². The second-order valence-corrected chi connectivity index (χ2v) is 14.0. The van der Waals surface area contributed by atoms with Crippen LogP contribution in [-0.4, -0.2) is 50.3 Å². The zero-order chi connectivity index (χ0) is 29.2. The number of sulfone groups is 1. The molecule has 2 heterocycles. The zero-order valence-corrected chi connectivity index (χ0v) is 23.9. The van der Waals surface area contributed by atoms with Gasteiger partial charge < -0.3 is 5.32 Å². The molecule has 0 aliphatic rings. The highest BCUT2D eigenvalue weighted by Crippen LogP contribution is 2.39. The number of sulfonamides is 1. The Morgan fingerprint density at radius 2 is 1.70 bits per heavy atom. The van der Waals surface area contributed by atoms with Crippen molar-refractivity contribution in [3.63, 3.8) is 0 Å². The number of rotatable bonds is 10. The van der Waals surface area contributed by atoms with E-state index in [0.717, 1.165) is 29.5 Å². The Kier molecular flexibility index (Phi) is 8.46. The van der Waals surface area contributed by atoms with Crippen molar-refractivity contribution in [1.82, 2.24) is 15.0 Å². The maximum absolute atomic E-state index is 14.7. The molecule has 0 fully saturated rings. The first-order valence-corrected chi connectivity index (χ1v) is 16.1. The fourth-order valence-corrected chi connectivity index (χ4v) is 6.17. The Hall–Kier alpha value is -3.56. The molecule has 0 aliphatic heterocycles. The molecule has 2 N–H and O–H groups in total. The van der Waals surface area contributed by atoms with Crippen LogP contribution in [0.15, 0.2) is 53.6 Å². The molecule has 2 aromatic carbocycles. The molecular weight excluding hydrogens is 588 g/mol. The Morgan fingerprint density at radius 1 is 0.950 bits per heavy atom. The van der Waals surface area contributed by atoms with Crippen LogP contribution in [0.1, 0.15) is 24.8 Å². The fraction of sp³-hybridized carbons (Fsp3) is 0.240. The molecule has 0 unspecified atom stereocenters. The SMILES string of the molecule is CC(C)c1nc(-c2ccc(F)c(NS(=O)(=O)c3ccc(F)cc3F)c2)c(-c2ccnc(NCCS(C)(=O)=O)n2)s1. The standard InChI is InChI=1S/C25H24F3N5O4S3/c1-14(2)24-32-22(23(38-24)19-8-9-29-25(31-19)30-10-11-39(3,34)35)15-4-6-17(27)20(12-15)33-40(36,37)21-7-5-16(26)13-18(21)28/h4-9,12-14,33H,10-11H2,1-3H3,(H,29,30,31). The van der Waals surface area contributed by atoms with Crippen LogP contribution in [0, 0.1) is 17.5 Å². The molecule has 9 nitrogen and oxygen atoms in total. The van der Waals surface area contributed by atoms with E-state index in [9.17, 15) is 30.0 Å². The highest BCUT2D eigenvalue weighted by molar-refractivity contribution is 7.92. The average molecular weight is 612 g/mol. The summed E-state index contributed by atoms with van der Waals surface area (Å²) in [6, 6.07) is 7.27. The van der Waals surface area contributed by atoms with Crippen LogP contribution in [0.4, 0.5) is 24.8 Å². The lowest BCUT2D eigenvalue weighted by atomic mass is 10.1. The van der Waals surface area contributed by atoms with Crippen molar-refractivity contribution < 1.29 is 30.0 Å². The van der Waals surface area contributed by atoms with E-state index in [-0.39, 0.29) is 24.2 Å². The van der Waals surface area contributed by atoms with Gasteiger partial charge in [0.05, 0.1) is 32.7 Å². The van der Waals surface area contributed by atoms with Gasteiger partial charge in [-0.3, -0.25) is 4.72 Å². The van der Waals surface area contributed by atoms with E-state index < -0.39 is 47.9 Å². The van der Waals surface area contributed by atoms with Crippen LogP contribution in [0.5, 0.6) is 0 Å². The number of anilines is 2. The topological polar surface area (TPSA) is 131 Å². The molecule has 40 heavy (non-hydrogen) atoms. The monoisotopic (exact) mass is 611 g/mol. The van der Waals surface area contributed by atoms with E-state index >= 15 is 0 Å². The van der Waals surface area contributed by atoms with Crippen molar-refractivity contribution in [2.75, 3.05) is 28.6 Å². The smallest absolute Gasteiger partial charge is 0.264 e. The Balaban J connectivity index is 1.72. The van der Waals surface area contributed by atoms with Gasteiger partial charge in [-0.15, -0.1) is 11.3 Å². The van der Waals surface area contributed by atoms with Crippen molar-refractivity contribution in [2.24, 2.45) is 0 Å². The molecular formula is C25H24F3N5O4S3. The number of aromatic nitrogens is 3. The summed E-state index contributed by atoms with van der Waals surface area (Å²) >= 11 is 1.33. The van der Waals surface area contributed by atoms with Gasteiger partial charge in [-0.1, -0.05) is 13.8 Å². The van der Waals surface area contributed by atoms with E-state index in [1.54, 1.807) is 6.07 Å². The van der Waals surface area contributed by atoms with Crippen molar-refractivity contribution in [2.45, 2.75) is 24.7 Å². The van der Waals surface area contributed by atoms with Crippen LogP contribution in [-0.2, 0) is 19.9 Å². The molecule has 15 heteroatoms. The van der Waals surface area contributed by atoms with Crippen molar-refractivity contribution in [3.05, 3.63) is 71.1 Å². The van der Waals surface area contributed by atoms with E-state index in [1.807, 2.05) is 18.6 Å². The molecule has 212 valence electrons. The third-order valence-corrected chi connectivity index (χ3v) is 9.17. The molecule has 0 saturated carbocycles. The zero-order valence-electron chi connectivity index (χ0n) is 21.4. The summed E-state index contributed by atoms with van der Waals surface area (Å²) in [5.74, 6) is -3.10. The highest BCUT2D eigenvalue weighted by Gasteiger charge is 2.23. The first kappa shape index (κ1) is 29.4. The Morgan fingerprint density at radius 3 is 2.38 bits per heavy atom. The molecule has 0 aliphatic carbocycles. The van der Waals surface area contributed by atoms with Gasteiger partial charge in [-0.2, -0.15) is 0 Å².